The number of hydrogen-bond donors (Lipinski definition) is 2. The number of halogens is 1. The molecule has 0 unspecified atom stereocenters. The third-order valence-electron chi connectivity index (χ3n) is 3.31. The number of amides is 2. The summed E-state index contributed by atoms with van der Waals surface area (Å²) in [6.07, 6.45) is 0. The van der Waals surface area contributed by atoms with Gasteiger partial charge in [0.2, 0.25) is 5.91 Å². The largest absolute Gasteiger partial charge is 0.324 e. The molecule has 0 fully saturated rings. The van der Waals surface area contributed by atoms with Crippen LogP contribution in [-0.2, 0) is 4.79 Å². The Kier molecular flexibility index (Phi) is 3.85. The van der Waals surface area contributed by atoms with Crippen LogP contribution in [0.15, 0.2) is 41.3 Å². The smallest absolute Gasteiger partial charge is 0.256 e. The van der Waals surface area contributed by atoms with Gasteiger partial charge in [-0.15, -0.1) is 11.8 Å². The van der Waals surface area contributed by atoms with E-state index in [1.54, 1.807) is 25.1 Å². The van der Waals surface area contributed by atoms with Crippen LogP contribution >= 0.6 is 11.8 Å². The molecule has 0 aliphatic carbocycles. The Hall–Kier alpha value is -2.34. The molecule has 2 aromatic carbocycles. The fraction of sp³-hybridized carbons (Fsp3) is 0.125. The van der Waals surface area contributed by atoms with E-state index in [-0.39, 0.29) is 17.4 Å². The van der Waals surface area contributed by atoms with Crippen LogP contribution in [0.2, 0.25) is 0 Å². The molecular weight excluding hydrogens is 303 g/mol. The summed E-state index contributed by atoms with van der Waals surface area (Å²) in [7, 11) is 0. The van der Waals surface area contributed by atoms with Gasteiger partial charge in [0, 0.05) is 16.1 Å². The van der Waals surface area contributed by atoms with Crippen molar-refractivity contribution in [2.75, 3.05) is 16.4 Å². The van der Waals surface area contributed by atoms with Gasteiger partial charge < -0.3 is 10.6 Å². The zero-order chi connectivity index (χ0) is 15.7. The normalized spacial score (nSPS) is 13.3. The average molecular weight is 316 g/mol. The van der Waals surface area contributed by atoms with E-state index in [0.29, 0.717) is 22.7 Å². The van der Waals surface area contributed by atoms with Gasteiger partial charge >= 0.3 is 0 Å². The first-order valence-corrected chi connectivity index (χ1v) is 7.66. The highest BCUT2D eigenvalue weighted by Gasteiger charge is 2.16. The fourth-order valence-corrected chi connectivity index (χ4v) is 2.99. The number of hydrogen-bond acceptors (Lipinski definition) is 3. The lowest BCUT2D eigenvalue weighted by atomic mass is 10.1. The number of thioether (sulfide) groups is 1. The van der Waals surface area contributed by atoms with E-state index in [1.807, 2.05) is 6.07 Å². The van der Waals surface area contributed by atoms with Crippen LogP contribution < -0.4 is 10.6 Å². The molecule has 0 saturated carbocycles. The van der Waals surface area contributed by atoms with Gasteiger partial charge in [-0.05, 0) is 42.8 Å². The lowest BCUT2D eigenvalue weighted by molar-refractivity contribution is -0.113. The minimum atomic E-state index is -0.454. The Labute approximate surface area is 131 Å². The Morgan fingerprint density at radius 1 is 1.27 bits per heavy atom. The van der Waals surface area contributed by atoms with E-state index in [2.05, 4.69) is 10.6 Å². The second kappa shape index (κ2) is 5.81. The summed E-state index contributed by atoms with van der Waals surface area (Å²) in [6.45, 7) is 1.75. The molecule has 0 radical (unpaired) electrons. The number of aryl methyl sites for hydroxylation is 1. The summed E-state index contributed by atoms with van der Waals surface area (Å²) < 4.78 is 13.3. The van der Waals surface area contributed by atoms with Crippen molar-refractivity contribution in [2.45, 2.75) is 11.8 Å². The first kappa shape index (κ1) is 14.6. The van der Waals surface area contributed by atoms with E-state index in [0.717, 1.165) is 4.90 Å². The molecule has 1 heterocycles. The van der Waals surface area contributed by atoms with Gasteiger partial charge in [0.25, 0.3) is 5.91 Å². The van der Waals surface area contributed by atoms with Crippen LogP contribution in [0.3, 0.4) is 0 Å². The molecule has 6 heteroatoms. The molecule has 3 rings (SSSR count). The van der Waals surface area contributed by atoms with Crippen molar-refractivity contribution in [3.05, 3.63) is 53.3 Å². The highest BCUT2D eigenvalue weighted by Crippen LogP contribution is 2.33. The van der Waals surface area contributed by atoms with E-state index in [1.165, 1.54) is 23.9 Å². The summed E-state index contributed by atoms with van der Waals surface area (Å²) in [5, 5.41) is 5.49. The highest BCUT2D eigenvalue weighted by molar-refractivity contribution is 8.00. The third kappa shape index (κ3) is 2.96. The van der Waals surface area contributed by atoms with Gasteiger partial charge in [0.1, 0.15) is 5.82 Å². The second-order valence-corrected chi connectivity index (χ2v) is 5.98. The van der Waals surface area contributed by atoms with Crippen molar-refractivity contribution in [1.82, 2.24) is 0 Å². The molecule has 0 bridgehead atoms. The quantitative estimate of drug-likeness (QED) is 0.892. The zero-order valence-corrected chi connectivity index (χ0v) is 12.6. The first-order valence-electron chi connectivity index (χ1n) is 6.67. The number of nitrogens with one attached hydrogen (secondary N) is 2. The minimum absolute atomic E-state index is 0.0676. The number of benzene rings is 2. The third-order valence-corrected chi connectivity index (χ3v) is 4.39. The van der Waals surface area contributed by atoms with E-state index < -0.39 is 5.82 Å². The maximum absolute atomic E-state index is 13.3. The standard InChI is InChI=1S/C16H13FN2O2S/c1-9-2-3-10(17)6-12(9)16(21)18-11-4-5-14-13(7-11)19-15(20)8-22-14/h2-7H,8H2,1H3,(H,18,21)(H,19,20). The molecule has 0 aromatic heterocycles. The summed E-state index contributed by atoms with van der Waals surface area (Å²) in [5.41, 5.74) is 2.21. The molecule has 4 nitrogen and oxygen atoms in total. The van der Waals surface area contributed by atoms with Gasteiger partial charge in [-0.25, -0.2) is 4.39 Å². The van der Waals surface area contributed by atoms with Gasteiger partial charge in [0.05, 0.1) is 11.4 Å². The van der Waals surface area contributed by atoms with Gasteiger partial charge in [-0.1, -0.05) is 6.07 Å². The van der Waals surface area contributed by atoms with Crippen LogP contribution in [0, 0.1) is 12.7 Å². The molecular formula is C16H13FN2O2S. The van der Waals surface area contributed by atoms with E-state index in [9.17, 15) is 14.0 Å². The highest BCUT2D eigenvalue weighted by atomic mass is 32.2. The Morgan fingerprint density at radius 2 is 2.09 bits per heavy atom. The van der Waals surface area contributed by atoms with Crippen molar-refractivity contribution in [3.63, 3.8) is 0 Å². The van der Waals surface area contributed by atoms with Crippen LogP contribution in [-0.4, -0.2) is 17.6 Å². The molecule has 0 atom stereocenters. The van der Waals surface area contributed by atoms with Crippen molar-refractivity contribution >= 4 is 35.0 Å². The van der Waals surface area contributed by atoms with Crippen molar-refractivity contribution in [1.29, 1.82) is 0 Å². The lowest BCUT2D eigenvalue weighted by Gasteiger charge is -2.17. The molecule has 1 aliphatic rings. The molecule has 112 valence electrons. The molecule has 22 heavy (non-hydrogen) atoms. The van der Waals surface area contributed by atoms with Crippen LogP contribution in [0.1, 0.15) is 15.9 Å². The lowest BCUT2D eigenvalue weighted by Crippen LogP contribution is -2.19. The minimum Gasteiger partial charge on any atom is -0.324 e. The Morgan fingerprint density at radius 3 is 2.91 bits per heavy atom. The summed E-state index contributed by atoms with van der Waals surface area (Å²) in [5.74, 6) is -0.514. The molecule has 2 N–H and O–H groups in total. The topological polar surface area (TPSA) is 58.2 Å². The molecule has 2 aromatic rings. The predicted octanol–water partition coefficient (Wildman–Crippen LogP) is 3.43. The summed E-state index contributed by atoms with van der Waals surface area (Å²) in [4.78, 5) is 24.6. The number of carbonyl (C=O) groups is 2. The second-order valence-electron chi connectivity index (χ2n) is 4.96. The van der Waals surface area contributed by atoms with Crippen LogP contribution in [0.4, 0.5) is 15.8 Å². The molecule has 1 aliphatic heterocycles. The zero-order valence-electron chi connectivity index (χ0n) is 11.8. The van der Waals surface area contributed by atoms with Crippen molar-refractivity contribution in [2.24, 2.45) is 0 Å². The average Bonchev–Trinajstić information content (AvgIpc) is 2.49. The molecule has 0 spiro atoms. The summed E-state index contributed by atoms with van der Waals surface area (Å²) in [6, 6.07) is 9.39. The SMILES string of the molecule is Cc1ccc(F)cc1C(=O)Nc1ccc2c(c1)NC(=O)CS2. The van der Waals surface area contributed by atoms with Gasteiger partial charge in [-0.3, -0.25) is 9.59 Å². The number of carbonyl (C=O) groups excluding carboxylic acids is 2. The molecule has 2 amide bonds. The number of rotatable bonds is 2. The monoisotopic (exact) mass is 316 g/mol. The van der Waals surface area contributed by atoms with Gasteiger partial charge in [0.15, 0.2) is 0 Å². The fourth-order valence-electron chi connectivity index (χ4n) is 2.20. The first-order chi connectivity index (χ1) is 10.5. The Bertz CT molecular complexity index is 777. The molecule has 0 saturated heterocycles. The maximum Gasteiger partial charge on any atom is 0.256 e. The van der Waals surface area contributed by atoms with Crippen LogP contribution in [0.25, 0.3) is 0 Å². The van der Waals surface area contributed by atoms with Crippen molar-refractivity contribution < 1.29 is 14.0 Å². The summed E-state index contributed by atoms with van der Waals surface area (Å²) >= 11 is 1.45. The predicted molar refractivity (Wildman–Crippen MR) is 84.9 cm³/mol. The Balaban J connectivity index is 1.84. The van der Waals surface area contributed by atoms with E-state index in [4.69, 9.17) is 0 Å². The van der Waals surface area contributed by atoms with Gasteiger partial charge in [-0.2, -0.15) is 0 Å². The van der Waals surface area contributed by atoms with E-state index >= 15 is 0 Å². The number of fused-ring (bicyclic) bond motifs is 1. The number of anilines is 2. The van der Waals surface area contributed by atoms with Crippen molar-refractivity contribution in [3.8, 4) is 0 Å². The van der Waals surface area contributed by atoms with Crippen LogP contribution in [0.5, 0.6) is 0 Å². The maximum atomic E-state index is 13.3.